The molecule has 1 heterocycles. The zero-order valence-electron chi connectivity index (χ0n) is 10.8. The van der Waals surface area contributed by atoms with Gasteiger partial charge in [0.2, 0.25) is 0 Å². The summed E-state index contributed by atoms with van der Waals surface area (Å²) in [4.78, 5) is 14.6. The lowest BCUT2D eigenvalue weighted by atomic mass is 10.1. The molecule has 0 N–H and O–H groups in total. The van der Waals surface area contributed by atoms with E-state index in [1.54, 1.807) is 12.1 Å². The van der Waals surface area contributed by atoms with Crippen molar-refractivity contribution in [3.8, 4) is 0 Å². The number of hydrogen-bond acceptors (Lipinski definition) is 2. The first kappa shape index (κ1) is 12.9. The minimum absolute atomic E-state index is 0.131. The maximum absolute atomic E-state index is 12.6. The molecule has 0 aromatic heterocycles. The van der Waals surface area contributed by atoms with Crippen molar-refractivity contribution in [2.75, 3.05) is 19.8 Å². The summed E-state index contributed by atoms with van der Waals surface area (Å²) >= 11 is 5.87. The summed E-state index contributed by atoms with van der Waals surface area (Å²) in [6, 6.07) is 7.61. The van der Waals surface area contributed by atoms with Crippen molar-refractivity contribution in [2.24, 2.45) is 5.92 Å². The number of benzene rings is 1. The van der Waals surface area contributed by atoms with Crippen LogP contribution in [0.3, 0.4) is 0 Å². The highest BCUT2D eigenvalue weighted by atomic mass is 35.5. The Labute approximate surface area is 118 Å². The zero-order chi connectivity index (χ0) is 13.2. The third kappa shape index (κ3) is 3.10. The van der Waals surface area contributed by atoms with E-state index >= 15 is 0 Å². The van der Waals surface area contributed by atoms with Gasteiger partial charge in [0.15, 0.2) is 0 Å². The minimum Gasteiger partial charge on any atom is -0.381 e. The van der Waals surface area contributed by atoms with Crippen molar-refractivity contribution in [2.45, 2.75) is 25.3 Å². The van der Waals surface area contributed by atoms with Crippen LogP contribution in [0.1, 0.15) is 29.6 Å². The molecule has 102 valence electrons. The van der Waals surface area contributed by atoms with E-state index in [2.05, 4.69) is 0 Å². The molecule has 1 amide bonds. The van der Waals surface area contributed by atoms with Crippen molar-refractivity contribution in [1.29, 1.82) is 0 Å². The van der Waals surface area contributed by atoms with Crippen molar-refractivity contribution < 1.29 is 9.53 Å². The summed E-state index contributed by atoms with van der Waals surface area (Å²) in [6.07, 6.45) is 3.33. The van der Waals surface area contributed by atoms with Crippen LogP contribution >= 0.6 is 11.6 Å². The van der Waals surface area contributed by atoms with Crippen LogP contribution in [0, 0.1) is 5.92 Å². The standard InChI is InChI=1S/C15H18ClNO2/c16-13-3-1-12(2-4-13)15(18)17(14-5-6-14)9-11-7-8-19-10-11/h1-4,11,14H,5-10H2. The van der Waals surface area contributed by atoms with E-state index in [1.807, 2.05) is 17.0 Å². The summed E-state index contributed by atoms with van der Waals surface area (Å²) in [5.74, 6) is 0.628. The van der Waals surface area contributed by atoms with Crippen molar-refractivity contribution >= 4 is 17.5 Å². The van der Waals surface area contributed by atoms with Gasteiger partial charge in [-0.3, -0.25) is 4.79 Å². The molecule has 0 bridgehead atoms. The fourth-order valence-corrected chi connectivity index (χ4v) is 2.67. The molecule has 1 aliphatic carbocycles. The Hall–Kier alpha value is -1.06. The van der Waals surface area contributed by atoms with Gasteiger partial charge in [0.05, 0.1) is 6.61 Å². The number of halogens is 1. The predicted molar refractivity (Wildman–Crippen MR) is 74.4 cm³/mol. The van der Waals surface area contributed by atoms with E-state index in [9.17, 15) is 4.79 Å². The average molecular weight is 280 g/mol. The van der Waals surface area contributed by atoms with Crippen LogP contribution in [0.25, 0.3) is 0 Å². The van der Waals surface area contributed by atoms with Crippen molar-refractivity contribution in [3.05, 3.63) is 34.9 Å². The Kier molecular flexibility index (Phi) is 3.76. The maximum Gasteiger partial charge on any atom is 0.254 e. The second kappa shape index (κ2) is 5.51. The number of carbonyl (C=O) groups excluding carboxylic acids is 1. The Morgan fingerprint density at radius 1 is 1.26 bits per heavy atom. The molecule has 3 nitrogen and oxygen atoms in total. The number of carbonyl (C=O) groups is 1. The molecule has 1 aromatic rings. The summed E-state index contributed by atoms with van der Waals surface area (Å²) in [7, 11) is 0. The van der Waals surface area contributed by atoms with Gasteiger partial charge in [-0.05, 0) is 43.5 Å². The third-order valence-corrected chi connectivity index (χ3v) is 4.07. The minimum atomic E-state index is 0.131. The topological polar surface area (TPSA) is 29.5 Å². The van der Waals surface area contributed by atoms with Gasteiger partial charge >= 0.3 is 0 Å². The largest absolute Gasteiger partial charge is 0.381 e. The highest BCUT2D eigenvalue weighted by molar-refractivity contribution is 6.30. The third-order valence-electron chi connectivity index (χ3n) is 3.82. The summed E-state index contributed by atoms with van der Waals surface area (Å²) in [5, 5.41) is 0.665. The van der Waals surface area contributed by atoms with Gasteiger partial charge in [-0.2, -0.15) is 0 Å². The molecule has 1 aliphatic heterocycles. The van der Waals surface area contributed by atoms with Crippen molar-refractivity contribution in [1.82, 2.24) is 4.90 Å². The van der Waals surface area contributed by atoms with Gasteiger partial charge in [0, 0.05) is 35.7 Å². The van der Waals surface area contributed by atoms with E-state index in [-0.39, 0.29) is 5.91 Å². The highest BCUT2D eigenvalue weighted by Gasteiger charge is 2.35. The van der Waals surface area contributed by atoms with Gasteiger partial charge < -0.3 is 9.64 Å². The molecular weight excluding hydrogens is 262 g/mol. The number of ether oxygens (including phenoxy) is 1. The van der Waals surface area contributed by atoms with Gasteiger partial charge in [0.1, 0.15) is 0 Å². The molecule has 4 heteroatoms. The molecule has 19 heavy (non-hydrogen) atoms. The summed E-state index contributed by atoms with van der Waals surface area (Å²) < 4.78 is 5.40. The Morgan fingerprint density at radius 2 is 2.00 bits per heavy atom. The van der Waals surface area contributed by atoms with Gasteiger partial charge in [0.25, 0.3) is 5.91 Å². The number of hydrogen-bond donors (Lipinski definition) is 0. The molecule has 2 fully saturated rings. The van der Waals surface area contributed by atoms with E-state index < -0.39 is 0 Å². The van der Waals surface area contributed by atoms with Crippen LogP contribution in [-0.2, 0) is 4.74 Å². The van der Waals surface area contributed by atoms with Crippen LogP contribution in [0.4, 0.5) is 0 Å². The Bertz CT molecular complexity index is 450. The van der Waals surface area contributed by atoms with E-state index in [0.29, 0.717) is 17.0 Å². The normalized spacial score (nSPS) is 22.5. The van der Waals surface area contributed by atoms with Crippen LogP contribution in [-0.4, -0.2) is 36.6 Å². The second-order valence-corrected chi connectivity index (χ2v) is 5.86. The molecule has 1 saturated heterocycles. The monoisotopic (exact) mass is 279 g/mol. The molecule has 1 saturated carbocycles. The molecule has 1 unspecified atom stereocenters. The average Bonchev–Trinajstić information content (AvgIpc) is 3.13. The van der Waals surface area contributed by atoms with Crippen LogP contribution in [0.2, 0.25) is 5.02 Å². The SMILES string of the molecule is O=C(c1ccc(Cl)cc1)N(CC1CCOC1)C1CC1. The fourth-order valence-electron chi connectivity index (χ4n) is 2.55. The Balaban J connectivity index is 1.71. The van der Waals surface area contributed by atoms with Gasteiger partial charge in [-0.1, -0.05) is 11.6 Å². The quantitative estimate of drug-likeness (QED) is 0.848. The Morgan fingerprint density at radius 3 is 2.58 bits per heavy atom. The molecule has 1 atom stereocenters. The number of nitrogens with zero attached hydrogens (tertiary/aromatic N) is 1. The van der Waals surface area contributed by atoms with E-state index in [0.717, 1.165) is 44.6 Å². The van der Waals surface area contributed by atoms with Crippen LogP contribution in [0.5, 0.6) is 0 Å². The molecule has 0 radical (unpaired) electrons. The molecule has 3 rings (SSSR count). The number of amides is 1. The lowest BCUT2D eigenvalue weighted by Crippen LogP contribution is -2.37. The van der Waals surface area contributed by atoms with Gasteiger partial charge in [-0.25, -0.2) is 0 Å². The maximum atomic E-state index is 12.6. The number of rotatable bonds is 4. The molecule has 2 aliphatic rings. The molecular formula is C15H18ClNO2. The van der Waals surface area contributed by atoms with E-state index in [1.165, 1.54) is 0 Å². The van der Waals surface area contributed by atoms with Crippen LogP contribution in [0.15, 0.2) is 24.3 Å². The zero-order valence-corrected chi connectivity index (χ0v) is 11.6. The summed E-state index contributed by atoms with van der Waals surface area (Å²) in [6.45, 7) is 2.45. The summed E-state index contributed by atoms with van der Waals surface area (Å²) in [5.41, 5.74) is 0.732. The fraction of sp³-hybridized carbons (Fsp3) is 0.533. The first-order valence-electron chi connectivity index (χ1n) is 6.88. The molecule has 0 spiro atoms. The van der Waals surface area contributed by atoms with E-state index in [4.69, 9.17) is 16.3 Å². The second-order valence-electron chi connectivity index (χ2n) is 5.43. The smallest absolute Gasteiger partial charge is 0.254 e. The van der Waals surface area contributed by atoms with Crippen molar-refractivity contribution in [3.63, 3.8) is 0 Å². The first-order chi connectivity index (χ1) is 9.24. The highest BCUT2D eigenvalue weighted by Crippen LogP contribution is 2.30. The lowest BCUT2D eigenvalue weighted by Gasteiger charge is -2.25. The predicted octanol–water partition coefficient (Wildman–Crippen LogP) is 2.98. The first-order valence-corrected chi connectivity index (χ1v) is 7.26. The molecule has 1 aromatic carbocycles. The lowest BCUT2D eigenvalue weighted by molar-refractivity contribution is 0.0706. The van der Waals surface area contributed by atoms with Crippen LogP contribution < -0.4 is 0 Å². The van der Waals surface area contributed by atoms with Gasteiger partial charge in [-0.15, -0.1) is 0 Å².